The van der Waals surface area contributed by atoms with Gasteiger partial charge in [-0.05, 0) is 12.1 Å². The van der Waals surface area contributed by atoms with Gasteiger partial charge >= 0.3 is 0 Å². The van der Waals surface area contributed by atoms with E-state index in [4.69, 9.17) is 26.4 Å². The second-order valence-corrected chi connectivity index (χ2v) is 4.78. The summed E-state index contributed by atoms with van der Waals surface area (Å²) >= 11 is 5.53. The fourth-order valence-electron chi connectivity index (χ4n) is 2.18. The van der Waals surface area contributed by atoms with Crippen LogP contribution in [0.1, 0.15) is 5.56 Å². The van der Waals surface area contributed by atoms with E-state index in [0.717, 1.165) is 48.4 Å². The zero-order chi connectivity index (χ0) is 13.7. The van der Waals surface area contributed by atoms with E-state index in [1.165, 1.54) is 0 Å². The van der Waals surface area contributed by atoms with Gasteiger partial charge in [0, 0.05) is 25.1 Å². The van der Waals surface area contributed by atoms with Crippen LogP contribution >= 0.6 is 12.2 Å². The highest BCUT2D eigenvalue weighted by Gasteiger charge is 2.18. The molecule has 0 N–H and O–H groups in total. The summed E-state index contributed by atoms with van der Waals surface area (Å²) in [6.45, 7) is 3.19. The summed E-state index contributed by atoms with van der Waals surface area (Å²) in [6.07, 6.45) is 0.655. The van der Waals surface area contributed by atoms with Gasteiger partial charge < -0.3 is 19.1 Å². The molecule has 0 unspecified atom stereocenters. The van der Waals surface area contributed by atoms with Crippen molar-refractivity contribution in [3.8, 4) is 11.5 Å². The summed E-state index contributed by atoms with van der Waals surface area (Å²) in [5.74, 6) is 1.63. The Morgan fingerprint density at radius 2 is 1.79 bits per heavy atom. The minimum Gasteiger partial charge on any atom is -0.496 e. The van der Waals surface area contributed by atoms with E-state index >= 15 is 0 Å². The molecule has 1 fully saturated rings. The zero-order valence-corrected chi connectivity index (χ0v) is 12.2. The van der Waals surface area contributed by atoms with Gasteiger partial charge in [0.15, 0.2) is 0 Å². The van der Waals surface area contributed by atoms with E-state index in [9.17, 15) is 0 Å². The SMILES string of the molecule is COc1cccc(OC)c1CC(=S)N1CCOCC1. The van der Waals surface area contributed by atoms with Gasteiger partial charge in [-0.2, -0.15) is 0 Å². The molecule has 1 aromatic carbocycles. The molecule has 0 amide bonds. The van der Waals surface area contributed by atoms with Gasteiger partial charge in [-0.3, -0.25) is 0 Å². The van der Waals surface area contributed by atoms with Crippen molar-refractivity contribution in [1.29, 1.82) is 0 Å². The summed E-state index contributed by atoms with van der Waals surface area (Å²) < 4.78 is 16.1. The average Bonchev–Trinajstić information content (AvgIpc) is 2.48. The predicted octanol–water partition coefficient (Wildman–Crippen LogP) is 1.91. The Morgan fingerprint density at radius 3 is 2.32 bits per heavy atom. The quantitative estimate of drug-likeness (QED) is 0.787. The van der Waals surface area contributed by atoms with Crippen LogP contribution in [0, 0.1) is 0 Å². The molecule has 0 bridgehead atoms. The van der Waals surface area contributed by atoms with E-state index in [0.29, 0.717) is 6.42 Å². The Morgan fingerprint density at radius 1 is 1.21 bits per heavy atom. The van der Waals surface area contributed by atoms with Gasteiger partial charge in [0.25, 0.3) is 0 Å². The van der Waals surface area contributed by atoms with Gasteiger partial charge in [-0.25, -0.2) is 0 Å². The number of thiocarbonyl (C=S) groups is 1. The molecule has 104 valence electrons. The maximum atomic E-state index is 5.53. The van der Waals surface area contributed by atoms with E-state index in [1.807, 2.05) is 18.2 Å². The van der Waals surface area contributed by atoms with Gasteiger partial charge in [-0.15, -0.1) is 0 Å². The largest absolute Gasteiger partial charge is 0.496 e. The van der Waals surface area contributed by atoms with Crippen LogP contribution in [0.4, 0.5) is 0 Å². The molecule has 1 aliphatic heterocycles. The molecule has 2 rings (SSSR count). The van der Waals surface area contributed by atoms with Crippen LogP contribution in [0.25, 0.3) is 0 Å². The highest BCUT2D eigenvalue weighted by molar-refractivity contribution is 7.80. The Labute approximate surface area is 119 Å². The van der Waals surface area contributed by atoms with E-state index in [-0.39, 0.29) is 0 Å². The molecule has 4 nitrogen and oxygen atoms in total. The average molecular weight is 281 g/mol. The highest BCUT2D eigenvalue weighted by atomic mass is 32.1. The number of hydrogen-bond donors (Lipinski definition) is 0. The molecule has 1 heterocycles. The first-order chi connectivity index (χ1) is 9.26. The molecule has 0 aliphatic carbocycles. The summed E-state index contributed by atoms with van der Waals surface area (Å²) in [7, 11) is 3.33. The third-order valence-corrected chi connectivity index (χ3v) is 3.62. The lowest BCUT2D eigenvalue weighted by atomic mass is 10.1. The summed E-state index contributed by atoms with van der Waals surface area (Å²) in [5.41, 5.74) is 1.00. The van der Waals surface area contributed by atoms with Crippen molar-refractivity contribution in [2.75, 3.05) is 40.5 Å². The van der Waals surface area contributed by atoms with Gasteiger partial charge in [-0.1, -0.05) is 18.3 Å². The molecule has 1 aliphatic rings. The number of hydrogen-bond acceptors (Lipinski definition) is 4. The first kappa shape index (κ1) is 14.1. The Hall–Kier alpha value is -1.33. The van der Waals surface area contributed by atoms with E-state index in [2.05, 4.69) is 4.90 Å². The molecule has 0 saturated carbocycles. The monoisotopic (exact) mass is 281 g/mol. The second kappa shape index (κ2) is 6.73. The van der Waals surface area contributed by atoms with Crippen molar-refractivity contribution >= 4 is 17.2 Å². The van der Waals surface area contributed by atoms with Crippen molar-refractivity contribution in [1.82, 2.24) is 4.90 Å². The van der Waals surface area contributed by atoms with Gasteiger partial charge in [0.1, 0.15) is 11.5 Å². The lowest BCUT2D eigenvalue weighted by Crippen LogP contribution is -2.40. The molecule has 0 radical (unpaired) electrons. The van der Waals surface area contributed by atoms with Crippen LogP contribution < -0.4 is 9.47 Å². The lowest BCUT2D eigenvalue weighted by Gasteiger charge is -2.29. The van der Waals surface area contributed by atoms with Gasteiger partial charge in [0.05, 0.1) is 32.4 Å². The summed E-state index contributed by atoms with van der Waals surface area (Å²) in [5, 5.41) is 0. The molecule has 0 atom stereocenters. The predicted molar refractivity (Wildman–Crippen MR) is 78.2 cm³/mol. The maximum absolute atomic E-state index is 5.53. The molecule has 19 heavy (non-hydrogen) atoms. The molecular weight excluding hydrogens is 262 g/mol. The molecule has 5 heteroatoms. The Bertz CT molecular complexity index is 422. The summed E-state index contributed by atoms with van der Waals surface area (Å²) in [4.78, 5) is 3.09. The topological polar surface area (TPSA) is 30.9 Å². The zero-order valence-electron chi connectivity index (χ0n) is 11.3. The van der Waals surface area contributed by atoms with Crippen LogP contribution in [0.3, 0.4) is 0 Å². The molecule has 0 spiro atoms. The third kappa shape index (κ3) is 3.36. The maximum Gasteiger partial charge on any atom is 0.126 e. The third-order valence-electron chi connectivity index (χ3n) is 3.22. The number of methoxy groups -OCH3 is 2. The van der Waals surface area contributed by atoms with Crippen molar-refractivity contribution in [3.05, 3.63) is 23.8 Å². The van der Waals surface area contributed by atoms with Crippen molar-refractivity contribution in [2.45, 2.75) is 6.42 Å². The minimum absolute atomic E-state index is 0.655. The number of rotatable bonds is 4. The molecule has 1 aromatic rings. The van der Waals surface area contributed by atoms with E-state index < -0.39 is 0 Å². The van der Waals surface area contributed by atoms with Crippen LogP contribution in [-0.2, 0) is 11.2 Å². The fraction of sp³-hybridized carbons (Fsp3) is 0.500. The lowest BCUT2D eigenvalue weighted by molar-refractivity contribution is 0.0684. The summed E-state index contributed by atoms with van der Waals surface area (Å²) in [6, 6.07) is 5.78. The molecule has 0 aromatic heterocycles. The molecule has 1 saturated heterocycles. The van der Waals surface area contributed by atoms with Crippen molar-refractivity contribution < 1.29 is 14.2 Å². The van der Waals surface area contributed by atoms with Crippen molar-refractivity contribution in [2.24, 2.45) is 0 Å². The first-order valence-electron chi connectivity index (χ1n) is 6.31. The van der Waals surface area contributed by atoms with Crippen LogP contribution in [0.15, 0.2) is 18.2 Å². The van der Waals surface area contributed by atoms with Crippen LogP contribution in [0.5, 0.6) is 11.5 Å². The molecular formula is C14H19NO3S. The van der Waals surface area contributed by atoms with Crippen molar-refractivity contribution in [3.63, 3.8) is 0 Å². The normalized spacial score (nSPS) is 15.2. The van der Waals surface area contributed by atoms with E-state index in [1.54, 1.807) is 14.2 Å². The number of benzene rings is 1. The highest BCUT2D eigenvalue weighted by Crippen LogP contribution is 2.29. The smallest absolute Gasteiger partial charge is 0.126 e. The fourth-order valence-corrected chi connectivity index (χ4v) is 2.50. The van der Waals surface area contributed by atoms with Gasteiger partial charge in [0.2, 0.25) is 0 Å². The Balaban J connectivity index is 2.15. The Kier molecular flexibility index (Phi) is 4.99. The number of ether oxygens (including phenoxy) is 3. The second-order valence-electron chi connectivity index (χ2n) is 4.31. The van der Waals surface area contributed by atoms with Crippen LogP contribution in [-0.4, -0.2) is 50.4 Å². The first-order valence-corrected chi connectivity index (χ1v) is 6.72. The number of morpholine rings is 1. The standard InChI is InChI=1S/C14H19NO3S/c1-16-12-4-3-5-13(17-2)11(12)10-14(19)15-6-8-18-9-7-15/h3-5H,6-10H2,1-2H3. The van der Waals surface area contributed by atoms with Crippen LogP contribution in [0.2, 0.25) is 0 Å². The number of nitrogens with zero attached hydrogens (tertiary/aromatic N) is 1. The minimum atomic E-state index is 0.655.